The number of hydrogen-bond donors (Lipinski definition) is 1. The van der Waals surface area contributed by atoms with E-state index in [-0.39, 0.29) is 11.6 Å². The van der Waals surface area contributed by atoms with E-state index in [1.54, 1.807) is 18.5 Å². The van der Waals surface area contributed by atoms with Crippen LogP contribution in [0.15, 0.2) is 11.6 Å². The van der Waals surface area contributed by atoms with Crippen LogP contribution in [0.2, 0.25) is 0 Å². The van der Waals surface area contributed by atoms with Crippen molar-refractivity contribution in [2.75, 3.05) is 11.9 Å². The molecule has 8 nitrogen and oxygen atoms in total. The number of hydrogen-bond acceptors (Lipinski definition) is 6. The van der Waals surface area contributed by atoms with Gasteiger partial charge >= 0.3 is 11.8 Å². The lowest BCUT2D eigenvalue weighted by Gasteiger charge is -2.22. The molecule has 1 atom stereocenters. The van der Waals surface area contributed by atoms with Crippen LogP contribution in [0.3, 0.4) is 0 Å². The van der Waals surface area contributed by atoms with E-state index in [0.29, 0.717) is 11.4 Å². The topological polar surface area (TPSA) is 101 Å². The fourth-order valence-corrected chi connectivity index (χ4v) is 2.63. The largest absolute Gasteiger partial charge is 0.480 e. The standard InChI is InChI=1S/C10H12N4O4S/c1-3-6(9(15)16)12(2)7-8(14(17)18)13-4-5-19-10(13)11-7/h4-6H,3H2,1-2H3,(H,15,16). The van der Waals surface area contributed by atoms with E-state index in [9.17, 15) is 14.9 Å². The van der Waals surface area contributed by atoms with Crippen LogP contribution in [0.5, 0.6) is 0 Å². The smallest absolute Gasteiger partial charge is 0.373 e. The zero-order valence-corrected chi connectivity index (χ0v) is 11.1. The average Bonchev–Trinajstić information content (AvgIpc) is 2.87. The Hall–Kier alpha value is -2.16. The quantitative estimate of drug-likeness (QED) is 0.661. The summed E-state index contributed by atoms with van der Waals surface area (Å²) < 4.78 is 1.35. The summed E-state index contributed by atoms with van der Waals surface area (Å²) in [6, 6.07) is -0.844. The molecule has 2 rings (SSSR count). The number of aliphatic carboxylic acids is 1. The molecule has 2 aromatic heterocycles. The van der Waals surface area contributed by atoms with Crippen molar-refractivity contribution in [2.45, 2.75) is 19.4 Å². The van der Waals surface area contributed by atoms with Gasteiger partial charge < -0.3 is 20.1 Å². The monoisotopic (exact) mass is 284 g/mol. The Labute approximate surface area is 112 Å². The van der Waals surface area contributed by atoms with E-state index < -0.39 is 16.9 Å². The highest BCUT2D eigenvalue weighted by molar-refractivity contribution is 7.15. The van der Waals surface area contributed by atoms with Crippen molar-refractivity contribution in [1.82, 2.24) is 9.38 Å². The number of nitro groups is 1. The van der Waals surface area contributed by atoms with Crippen LogP contribution in [-0.4, -0.2) is 38.5 Å². The van der Waals surface area contributed by atoms with Crippen molar-refractivity contribution in [3.63, 3.8) is 0 Å². The first-order valence-electron chi connectivity index (χ1n) is 5.53. The molecule has 0 amide bonds. The molecule has 2 heterocycles. The summed E-state index contributed by atoms with van der Waals surface area (Å²) in [4.78, 5) is 27.7. The Bertz CT molecular complexity index is 635. The lowest BCUT2D eigenvalue weighted by molar-refractivity contribution is -0.389. The van der Waals surface area contributed by atoms with E-state index in [0.717, 1.165) is 0 Å². The summed E-state index contributed by atoms with van der Waals surface area (Å²) >= 11 is 1.26. The molecule has 0 aromatic carbocycles. The van der Waals surface area contributed by atoms with Crippen LogP contribution >= 0.6 is 11.3 Å². The van der Waals surface area contributed by atoms with Crippen molar-refractivity contribution in [3.8, 4) is 0 Å². The van der Waals surface area contributed by atoms with E-state index in [4.69, 9.17) is 5.11 Å². The molecule has 0 spiro atoms. The first kappa shape index (κ1) is 13.3. The SMILES string of the molecule is CCC(C(=O)O)N(C)c1nc2sccn2c1[N+](=O)[O-]. The highest BCUT2D eigenvalue weighted by atomic mass is 32.1. The lowest BCUT2D eigenvalue weighted by Crippen LogP contribution is -2.38. The zero-order chi connectivity index (χ0) is 14.2. The Kier molecular flexibility index (Phi) is 3.38. The van der Waals surface area contributed by atoms with Crippen molar-refractivity contribution in [2.24, 2.45) is 0 Å². The van der Waals surface area contributed by atoms with Crippen molar-refractivity contribution in [1.29, 1.82) is 0 Å². The van der Waals surface area contributed by atoms with Crippen molar-refractivity contribution in [3.05, 3.63) is 21.7 Å². The molecule has 0 bridgehead atoms. The number of rotatable bonds is 5. The number of anilines is 1. The van der Waals surface area contributed by atoms with Crippen LogP contribution in [0.25, 0.3) is 4.96 Å². The highest BCUT2D eigenvalue weighted by Gasteiger charge is 2.31. The van der Waals surface area contributed by atoms with Gasteiger partial charge in [-0.2, -0.15) is 9.38 Å². The minimum Gasteiger partial charge on any atom is -0.480 e. The maximum absolute atomic E-state index is 11.2. The number of likely N-dealkylation sites (N-methyl/N-ethyl adjacent to an activating group) is 1. The third-order valence-corrected chi connectivity index (χ3v) is 3.62. The van der Waals surface area contributed by atoms with E-state index in [1.807, 2.05) is 0 Å². The average molecular weight is 284 g/mol. The van der Waals surface area contributed by atoms with E-state index >= 15 is 0 Å². The van der Waals surface area contributed by atoms with Gasteiger partial charge in [-0.05, 0) is 11.3 Å². The van der Waals surface area contributed by atoms with Gasteiger partial charge in [-0.3, -0.25) is 0 Å². The van der Waals surface area contributed by atoms with Gasteiger partial charge in [0.05, 0.1) is 0 Å². The van der Waals surface area contributed by atoms with Crippen molar-refractivity contribution >= 4 is 33.9 Å². The van der Waals surface area contributed by atoms with E-state index in [1.165, 1.54) is 27.7 Å². The third-order valence-electron chi connectivity index (χ3n) is 2.87. The summed E-state index contributed by atoms with van der Waals surface area (Å²) in [5.41, 5.74) is 0. The summed E-state index contributed by atoms with van der Waals surface area (Å²) in [5, 5.41) is 22.0. The van der Waals surface area contributed by atoms with Crippen LogP contribution in [-0.2, 0) is 4.79 Å². The van der Waals surface area contributed by atoms with Crippen LogP contribution < -0.4 is 4.90 Å². The van der Waals surface area contributed by atoms with Crippen molar-refractivity contribution < 1.29 is 14.8 Å². The second kappa shape index (κ2) is 4.84. The molecule has 102 valence electrons. The minimum absolute atomic E-state index is 0.0751. The Balaban J connectivity index is 2.55. The predicted molar refractivity (Wildman–Crippen MR) is 69.8 cm³/mol. The van der Waals surface area contributed by atoms with E-state index in [2.05, 4.69) is 4.98 Å². The number of aromatic nitrogens is 2. The molecule has 0 radical (unpaired) electrons. The first-order valence-corrected chi connectivity index (χ1v) is 6.40. The molecule has 1 unspecified atom stereocenters. The first-order chi connectivity index (χ1) is 8.97. The molecular weight excluding hydrogens is 272 g/mol. The summed E-state index contributed by atoms with van der Waals surface area (Å²) in [5.74, 6) is -1.17. The van der Waals surface area contributed by atoms with Gasteiger partial charge in [-0.1, -0.05) is 18.3 Å². The Morgan fingerprint density at radius 1 is 1.74 bits per heavy atom. The number of imidazole rings is 1. The minimum atomic E-state index is -1.03. The second-order valence-electron chi connectivity index (χ2n) is 3.94. The van der Waals surface area contributed by atoms with Crippen LogP contribution in [0.4, 0.5) is 11.6 Å². The molecule has 0 aliphatic rings. The molecule has 2 aromatic rings. The van der Waals surface area contributed by atoms with Gasteiger partial charge in [0.2, 0.25) is 5.82 Å². The van der Waals surface area contributed by atoms with Crippen LogP contribution in [0.1, 0.15) is 13.3 Å². The maximum atomic E-state index is 11.2. The predicted octanol–water partition coefficient (Wildman–Crippen LogP) is 1.60. The summed E-state index contributed by atoms with van der Waals surface area (Å²) in [6.45, 7) is 1.71. The van der Waals surface area contributed by atoms with Gasteiger partial charge in [0.15, 0.2) is 0 Å². The fourth-order valence-electron chi connectivity index (χ4n) is 1.93. The number of carboxylic acid groups (broad SMARTS) is 1. The molecular formula is C10H12N4O4S. The second-order valence-corrected chi connectivity index (χ2v) is 4.82. The molecule has 1 N–H and O–H groups in total. The van der Waals surface area contributed by atoms with Crippen LogP contribution in [0, 0.1) is 10.1 Å². The molecule has 0 saturated carbocycles. The molecule has 19 heavy (non-hydrogen) atoms. The molecule has 0 saturated heterocycles. The third kappa shape index (κ3) is 2.12. The summed E-state index contributed by atoms with van der Waals surface area (Å²) in [6.07, 6.45) is 1.87. The number of carbonyl (C=O) groups is 1. The normalized spacial score (nSPS) is 12.5. The maximum Gasteiger partial charge on any atom is 0.373 e. The van der Waals surface area contributed by atoms with Gasteiger partial charge in [0.1, 0.15) is 12.2 Å². The zero-order valence-electron chi connectivity index (χ0n) is 10.3. The lowest BCUT2D eigenvalue weighted by atomic mass is 10.2. The number of thiazole rings is 1. The Morgan fingerprint density at radius 2 is 2.42 bits per heavy atom. The van der Waals surface area contributed by atoms with Gasteiger partial charge in [0, 0.05) is 12.4 Å². The number of carboxylic acids is 1. The summed E-state index contributed by atoms with van der Waals surface area (Å²) in [7, 11) is 1.50. The number of fused-ring (bicyclic) bond motifs is 1. The van der Waals surface area contributed by atoms with Gasteiger partial charge in [-0.25, -0.2) is 4.79 Å². The highest BCUT2D eigenvalue weighted by Crippen LogP contribution is 2.31. The molecule has 0 aliphatic heterocycles. The fraction of sp³-hybridized carbons (Fsp3) is 0.400. The Morgan fingerprint density at radius 3 is 2.95 bits per heavy atom. The van der Waals surface area contributed by atoms with Gasteiger partial charge in [0.25, 0.3) is 4.96 Å². The number of nitrogens with zero attached hydrogens (tertiary/aromatic N) is 4. The van der Waals surface area contributed by atoms with Gasteiger partial charge in [-0.15, -0.1) is 0 Å². The molecule has 0 fully saturated rings. The molecule has 9 heteroatoms. The molecule has 0 aliphatic carbocycles.